The van der Waals surface area contributed by atoms with Crippen molar-refractivity contribution >= 4 is 12.0 Å². The number of nitrogens with one attached hydrogen (secondary N) is 1. The van der Waals surface area contributed by atoms with Gasteiger partial charge in [-0.05, 0) is 34.9 Å². The van der Waals surface area contributed by atoms with Gasteiger partial charge in [-0.3, -0.25) is 9.69 Å². The van der Waals surface area contributed by atoms with Gasteiger partial charge < -0.3 is 15.2 Å². The van der Waals surface area contributed by atoms with Gasteiger partial charge >= 0.3 is 0 Å². The third-order valence-corrected chi connectivity index (χ3v) is 4.73. The Morgan fingerprint density at radius 3 is 2.69 bits per heavy atom. The lowest BCUT2D eigenvalue weighted by Crippen LogP contribution is -2.35. The zero-order valence-electron chi connectivity index (χ0n) is 16.0. The zero-order chi connectivity index (χ0) is 20.6. The van der Waals surface area contributed by atoms with Crippen LogP contribution in [0, 0.1) is 11.6 Å². The van der Waals surface area contributed by atoms with Gasteiger partial charge in [0.05, 0.1) is 25.9 Å². The summed E-state index contributed by atoms with van der Waals surface area (Å²) in [6, 6.07) is 10.6. The van der Waals surface area contributed by atoms with E-state index >= 15 is 0 Å². The first-order valence-corrected chi connectivity index (χ1v) is 9.48. The topological polar surface area (TPSA) is 61.8 Å². The first kappa shape index (κ1) is 21.1. The van der Waals surface area contributed by atoms with E-state index in [2.05, 4.69) is 10.2 Å². The van der Waals surface area contributed by atoms with E-state index in [4.69, 9.17) is 4.74 Å². The number of nitrogens with zero attached hydrogens (tertiary/aromatic N) is 1. The molecular weight excluding hydrogens is 378 g/mol. The minimum atomic E-state index is -0.974. The highest BCUT2D eigenvalue weighted by molar-refractivity contribution is 5.92. The lowest BCUT2D eigenvalue weighted by molar-refractivity contribution is -0.117. The molecule has 1 fully saturated rings. The number of amides is 1. The van der Waals surface area contributed by atoms with Crippen molar-refractivity contribution in [2.24, 2.45) is 0 Å². The second-order valence-electron chi connectivity index (χ2n) is 6.88. The number of hydrogen-bond donors (Lipinski definition) is 2. The van der Waals surface area contributed by atoms with Crippen molar-refractivity contribution in [1.29, 1.82) is 0 Å². The Labute approximate surface area is 168 Å². The number of rotatable bonds is 7. The Morgan fingerprint density at radius 2 is 1.97 bits per heavy atom. The van der Waals surface area contributed by atoms with Crippen LogP contribution in [0.5, 0.6) is 0 Å². The van der Waals surface area contributed by atoms with Gasteiger partial charge in [0.2, 0.25) is 5.91 Å². The number of morpholine rings is 1. The van der Waals surface area contributed by atoms with Crippen LogP contribution >= 0.6 is 0 Å². The van der Waals surface area contributed by atoms with E-state index in [9.17, 15) is 18.7 Å². The van der Waals surface area contributed by atoms with Gasteiger partial charge in [-0.25, -0.2) is 8.78 Å². The van der Waals surface area contributed by atoms with E-state index in [1.807, 2.05) is 24.3 Å². The largest absolute Gasteiger partial charge is 0.394 e. The maximum absolute atomic E-state index is 13.2. The van der Waals surface area contributed by atoms with Gasteiger partial charge in [-0.1, -0.05) is 30.3 Å². The molecule has 5 nitrogen and oxygen atoms in total. The van der Waals surface area contributed by atoms with E-state index in [1.54, 1.807) is 0 Å². The van der Waals surface area contributed by atoms with Crippen molar-refractivity contribution in [3.8, 4) is 0 Å². The molecule has 1 amide bonds. The number of aliphatic hydroxyl groups excluding tert-OH is 1. The smallest absolute Gasteiger partial charge is 0.244 e. The summed E-state index contributed by atoms with van der Waals surface area (Å²) in [5.74, 6) is -2.35. The summed E-state index contributed by atoms with van der Waals surface area (Å²) in [7, 11) is 0. The molecule has 0 spiro atoms. The summed E-state index contributed by atoms with van der Waals surface area (Å²) < 4.78 is 31.6. The van der Waals surface area contributed by atoms with E-state index < -0.39 is 23.6 Å². The first-order valence-electron chi connectivity index (χ1n) is 9.48. The van der Waals surface area contributed by atoms with Gasteiger partial charge in [-0.15, -0.1) is 0 Å². The number of hydrogen-bond acceptors (Lipinski definition) is 4. The van der Waals surface area contributed by atoms with Gasteiger partial charge in [-0.2, -0.15) is 0 Å². The number of benzene rings is 2. The molecule has 3 rings (SSSR count). The Balaban J connectivity index is 1.62. The van der Waals surface area contributed by atoms with Crippen LogP contribution in [0.3, 0.4) is 0 Å². The number of carbonyl (C=O) groups is 1. The van der Waals surface area contributed by atoms with Crippen molar-refractivity contribution in [2.45, 2.75) is 12.6 Å². The molecule has 2 aromatic rings. The standard InChI is InChI=1S/C22H24F2N2O3/c23-19-6-4-16(13-20(19)24)5-7-22(28)25-21(15-27)18-3-1-2-17(12-18)14-26-8-10-29-11-9-26/h1-7,12-13,21,27H,8-11,14-15H2,(H,25,28)/b7-5+/t21-/m1/s1. The highest BCUT2D eigenvalue weighted by Crippen LogP contribution is 2.17. The van der Waals surface area contributed by atoms with Crippen LogP contribution < -0.4 is 5.32 Å². The van der Waals surface area contributed by atoms with Crippen molar-refractivity contribution < 1.29 is 23.4 Å². The van der Waals surface area contributed by atoms with E-state index in [0.29, 0.717) is 5.56 Å². The maximum atomic E-state index is 13.2. The fraction of sp³-hybridized carbons (Fsp3) is 0.318. The molecule has 0 saturated carbocycles. The molecule has 0 aliphatic carbocycles. The van der Waals surface area contributed by atoms with Gasteiger partial charge in [0.15, 0.2) is 11.6 Å². The Kier molecular flexibility index (Phi) is 7.46. The minimum absolute atomic E-state index is 0.258. The molecule has 1 saturated heterocycles. The molecule has 1 aliphatic heterocycles. The molecule has 0 unspecified atom stereocenters. The SMILES string of the molecule is O=C(/C=C/c1ccc(F)c(F)c1)N[C@H](CO)c1cccc(CN2CCOCC2)c1. The molecule has 1 heterocycles. The lowest BCUT2D eigenvalue weighted by atomic mass is 10.0. The van der Waals surface area contributed by atoms with Crippen molar-refractivity contribution in [3.63, 3.8) is 0 Å². The van der Waals surface area contributed by atoms with E-state index in [0.717, 1.165) is 56.1 Å². The Hall–Kier alpha value is -2.61. The Bertz CT molecular complexity index is 867. The molecule has 29 heavy (non-hydrogen) atoms. The van der Waals surface area contributed by atoms with Crippen LogP contribution in [0.4, 0.5) is 8.78 Å². The summed E-state index contributed by atoms with van der Waals surface area (Å²) >= 11 is 0. The molecule has 1 aliphatic rings. The fourth-order valence-corrected chi connectivity index (χ4v) is 3.17. The summed E-state index contributed by atoms with van der Waals surface area (Å²) in [5.41, 5.74) is 2.26. The summed E-state index contributed by atoms with van der Waals surface area (Å²) in [6.07, 6.45) is 2.62. The predicted molar refractivity (Wildman–Crippen MR) is 106 cm³/mol. The number of aliphatic hydroxyl groups is 1. The number of halogens is 2. The van der Waals surface area contributed by atoms with Crippen LogP contribution in [0.2, 0.25) is 0 Å². The molecule has 0 aromatic heterocycles. The van der Waals surface area contributed by atoms with Crippen molar-refractivity contribution in [1.82, 2.24) is 10.2 Å². The molecule has 2 N–H and O–H groups in total. The normalized spacial score (nSPS) is 16.1. The van der Waals surface area contributed by atoms with Gasteiger partial charge in [0, 0.05) is 25.7 Å². The molecule has 0 bridgehead atoms. The average Bonchev–Trinajstić information content (AvgIpc) is 2.74. The van der Waals surface area contributed by atoms with Crippen molar-refractivity contribution in [3.05, 3.63) is 76.9 Å². The average molecular weight is 402 g/mol. The third-order valence-electron chi connectivity index (χ3n) is 4.73. The van der Waals surface area contributed by atoms with E-state index in [1.165, 1.54) is 18.2 Å². The highest BCUT2D eigenvalue weighted by Gasteiger charge is 2.15. The molecule has 0 radical (unpaired) electrons. The van der Waals surface area contributed by atoms with Crippen LogP contribution in [0.25, 0.3) is 6.08 Å². The highest BCUT2D eigenvalue weighted by atomic mass is 19.2. The molecule has 154 valence electrons. The molecule has 1 atom stereocenters. The summed E-state index contributed by atoms with van der Waals surface area (Å²) in [4.78, 5) is 14.5. The van der Waals surface area contributed by atoms with Crippen molar-refractivity contribution in [2.75, 3.05) is 32.9 Å². The fourth-order valence-electron chi connectivity index (χ4n) is 3.17. The number of ether oxygens (including phenoxy) is 1. The van der Waals surface area contributed by atoms with Crippen LogP contribution in [-0.2, 0) is 16.1 Å². The summed E-state index contributed by atoms with van der Waals surface area (Å²) in [5, 5.41) is 12.5. The van der Waals surface area contributed by atoms with Crippen LogP contribution in [0.15, 0.2) is 48.5 Å². The second-order valence-corrected chi connectivity index (χ2v) is 6.88. The Morgan fingerprint density at radius 1 is 1.17 bits per heavy atom. The monoisotopic (exact) mass is 402 g/mol. The van der Waals surface area contributed by atoms with Crippen LogP contribution in [0.1, 0.15) is 22.7 Å². The molecular formula is C22H24F2N2O3. The molecule has 2 aromatic carbocycles. The van der Waals surface area contributed by atoms with Gasteiger partial charge in [0.25, 0.3) is 0 Å². The van der Waals surface area contributed by atoms with Gasteiger partial charge in [0.1, 0.15) is 0 Å². The zero-order valence-corrected chi connectivity index (χ0v) is 16.0. The lowest BCUT2D eigenvalue weighted by Gasteiger charge is -2.27. The van der Waals surface area contributed by atoms with E-state index in [-0.39, 0.29) is 6.61 Å². The first-order chi connectivity index (χ1) is 14.0. The minimum Gasteiger partial charge on any atom is -0.394 e. The second kappa shape index (κ2) is 10.2. The summed E-state index contributed by atoms with van der Waals surface area (Å²) in [6.45, 7) is 3.71. The predicted octanol–water partition coefficient (Wildman–Crippen LogP) is 2.66. The number of carbonyl (C=O) groups excluding carboxylic acids is 1. The molecule has 7 heteroatoms. The van der Waals surface area contributed by atoms with Crippen LogP contribution in [-0.4, -0.2) is 48.8 Å². The third kappa shape index (κ3) is 6.19. The maximum Gasteiger partial charge on any atom is 0.244 e. The quantitative estimate of drug-likeness (QED) is 0.699.